The average molecular weight is 272 g/mol. The van der Waals surface area contributed by atoms with Crippen molar-refractivity contribution >= 4 is 23.2 Å². The van der Waals surface area contributed by atoms with E-state index in [2.05, 4.69) is 0 Å². The van der Waals surface area contributed by atoms with E-state index in [4.69, 9.17) is 4.74 Å². The van der Waals surface area contributed by atoms with Crippen LogP contribution in [0.25, 0.3) is 6.08 Å². The van der Waals surface area contributed by atoms with Gasteiger partial charge in [0.05, 0.1) is 5.56 Å². The van der Waals surface area contributed by atoms with Gasteiger partial charge in [0.1, 0.15) is 11.5 Å². The average Bonchev–Trinajstić information content (AvgIpc) is 2.92. The largest absolute Gasteiger partial charge is 0.508 e. The molecule has 0 bridgehead atoms. The van der Waals surface area contributed by atoms with Crippen molar-refractivity contribution in [3.8, 4) is 11.5 Å². The minimum Gasteiger partial charge on any atom is -0.508 e. The molecule has 2 heterocycles. The molecule has 0 atom stereocenters. The van der Waals surface area contributed by atoms with Crippen LogP contribution in [0.2, 0.25) is 0 Å². The molecule has 96 valence electrons. The number of hydrogen-bond acceptors (Lipinski definition) is 4. The lowest BCUT2D eigenvalue weighted by molar-refractivity contribution is 0.101. The van der Waals surface area contributed by atoms with Crippen LogP contribution in [0.4, 0.5) is 0 Å². The molecule has 1 N–H and O–H groups in total. The van der Waals surface area contributed by atoms with Gasteiger partial charge in [-0.1, -0.05) is 0 Å². The third kappa shape index (κ3) is 1.85. The van der Waals surface area contributed by atoms with Gasteiger partial charge in [0, 0.05) is 16.5 Å². The highest BCUT2D eigenvalue weighted by atomic mass is 32.1. The number of rotatable bonds is 1. The predicted octanol–water partition coefficient (Wildman–Crippen LogP) is 3.69. The molecular weight excluding hydrogens is 260 g/mol. The van der Waals surface area contributed by atoms with Crippen molar-refractivity contribution in [2.24, 2.45) is 0 Å². The van der Waals surface area contributed by atoms with Crippen molar-refractivity contribution < 1.29 is 14.6 Å². The fourth-order valence-electron chi connectivity index (χ4n) is 2.03. The van der Waals surface area contributed by atoms with E-state index in [1.165, 1.54) is 6.07 Å². The third-order valence-electron chi connectivity index (χ3n) is 3.22. The lowest BCUT2D eigenvalue weighted by atomic mass is 10.1. The van der Waals surface area contributed by atoms with Crippen LogP contribution in [-0.4, -0.2) is 10.9 Å². The number of allylic oxidation sites excluding steroid dienone is 1. The number of carbonyl (C=O) groups is 1. The Morgan fingerprint density at radius 1 is 1.26 bits per heavy atom. The Balaban J connectivity index is 2.07. The number of phenolic OH excluding ortho intramolecular Hbond substituents is 1. The Kier molecular flexibility index (Phi) is 2.68. The van der Waals surface area contributed by atoms with Gasteiger partial charge < -0.3 is 9.84 Å². The highest BCUT2D eigenvalue weighted by Crippen LogP contribution is 2.39. The van der Waals surface area contributed by atoms with Crippen LogP contribution in [0.5, 0.6) is 11.5 Å². The van der Waals surface area contributed by atoms with E-state index >= 15 is 0 Å². The second-order valence-electron chi connectivity index (χ2n) is 4.49. The molecule has 0 saturated carbocycles. The number of thiophene rings is 1. The lowest BCUT2D eigenvalue weighted by Gasteiger charge is -2.03. The number of Topliss-reactive ketones (excluding diaryl/α,β-unsaturated/α-hetero) is 1. The van der Waals surface area contributed by atoms with Crippen molar-refractivity contribution in [1.82, 2.24) is 0 Å². The van der Waals surface area contributed by atoms with E-state index < -0.39 is 0 Å². The van der Waals surface area contributed by atoms with E-state index in [0.29, 0.717) is 22.6 Å². The highest BCUT2D eigenvalue weighted by molar-refractivity contribution is 7.11. The SMILES string of the molecule is Cc1ccsc1/C=C1\Oc2c(ccc(O)c2C)C1=O. The minimum absolute atomic E-state index is 0.133. The van der Waals surface area contributed by atoms with E-state index in [-0.39, 0.29) is 11.5 Å². The molecule has 1 aromatic heterocycles. The monoisotopic (exact) mass is 272 g/mol. The van der Waals surface area contributed by atoms with Crippen LogP contribution in [0.1, 0.15) is 26.4 Å². The standard InChI is InChI=1S/C15H12O3S/c1-8-5-6-19-13(8)7-12-14(17)10-3-4-11(16)9(2)15(10)18-12/h3-7,16H,1-2H3/b12-7-. The molecule has 0 fully saturated rings. The van der Waals surface area contributed by atoms with Gasteiger partial charge in [-0.05, 0) is 43.0 Å². The molecule has 2 aromatic rings. The maximum absolute atomic E-state index is 12.2. The Hall–Kier alpha value is -2.07. The highest BCUT2D eigenvalue weighted by Gasteiger charge is 2.29. The Labute approximate surface area is 114 Å². The molecule has 19 heavy (non-hydrogen) atoms. The molecule has 1 aliphatic heterocycles. The number of fused-ring (bicyclic) bond motifs is 1. The number of phenols is 1. The van der Waals surface area contributed by atoms with Gasteiger partial charge >= 0.3 is 0 Å². The number of hydrogen-bond donors (Lipinski definition) is 1. The molecule has 1 aliphatic rings. The number of aryl methyl sites for hydroxylation is 1. The zero-order valence-electron chi connectivity index (χ0n) is 10.6. The smallest absolute Gasteiger partial charge is 0.232 e. The first-order chi connectivity index (χ1) is 9.08. The molecule has 0 radical (unpaired) electrons. The summed E-state index contributed by atoms with van der Waals surface area (Å²) in [6.07, 6.45) is 1.76. The zero-order chi connectivity index (χ0) is 13.6. The summed E-state index contributed by atoms with van der Waals surface area (Å²) >= 11 is 1.57. The fraction of sp³-hybridized carbons (Fsp3) is 0.133. The van der Waals surface area contributed by atoms with Crippen molar-refractivity contribution in [2.45, 2.75) is 13.8 Å². The molecule has 0 unspecified atom stereocenters. The molecule has 0 spiro atoms. The molecule has 0 amide bonds. The summed E-state index contributed by atoms with van der Waals surface area (Å²) in [6.45, 7) is 3.73. The van der Waals surface area contributed by atoms with Gasteiger partial charge in [0.15, 0.2) is 5.76 Å². The van der Waals surface area contributed by atoms with Crippen LogP contribution >= 0.6 is 11.3 Å². The maximum atomic E-state index is 12.2. The van der Waals surface area contributed by atoms with Gasteiger partial charge in [-0.2, -0.15) is 0 Å². The molecule has 3 rings (SSSR count). The summed E-state index contributed by atoms with van der Waals surface area (Å²) in [6, 6.07) is 5.12. The zero-order valence-corrected chi connectivity index (χ0v) is 11.4. The summed E-state index contributed by atoms with van der Waals surface area (Å²) < 4.78 is 5.62. The fourth-order valence-corrected chi connectivity index (χ4v) is 2.87. The van der Waals surface area contributed by atoms with Crippen LogP contribution in [0.3, 0.4) is 0 Å². The van der Waals surface area contributed by atoms with Crippen LogP contribution in [0.15, 0.2) is 29.3 Å². The molecule has 1 aromatic carbocycles. The first kappa shape index (κ1) is 12.0. The third-order valence-corrected chi connectivity index (χ3v) is 4.19. The molecular formula is C15H12O3S. The summed E-state index contributed by atoms with van der Waals surface area (Å²) in [7, 11) is 0. The number of aromatic hydroxyl groups is 1. The van der Waals surface area contributed by atoms with Gasteiger partial charge in [0.2, 0.25) is 5.78 Å². The normalized spacial score (nSPS) is 15.7. The summed E-state index contributed by atoms with van der Waals surface area (Å²) in [5, 5.41) is 11.6. The first-order valence-electron chi connectivity index (χ1n) is 5.89. The van der Waals surface area contributed by atoms with Crippen molar-refractivity contribution in [1.29, 1.82) is 0 Å². The van der Waals surface area contributed by atoms with Gasteiger partial charge in [-0.3, -0.25) is 4.79 Å². The van der Waals surface area contributed by atoms with E-state index in [1.807, 2.05) is 18.4 Å². The quantitative estimate of drug-likeness (QED) is 0.805. The Bertz CT molecular complexity index is 710. The maximum Gasteiger partial charge on any atom is 0.232 e. The van der Waals surface area contributed by atoms with Crippen LogP contribution in [-0.2, 0) is 0 Å². The second-order valence-corrected chi connectivity index (χ2v) is 5.44. The summed E-state index contributed by atoms with van der Waals surface area (Å²) in [5.41, 5.74) is 2.22. The Morgan fingerprint density at radius 2 is 2.05 bits per heavy atom. The van der Waals surface area contributed by atoms with E-state index in [1.54, 1.807) is 30.4 Å². The predicted molar refractivity (Wildman–Crippen MR) is 74.8 cm³/mol. The topological polar surface area (TPSA) is 46.5 Å². The van der Waals surface area contributed by atoms with Gasteiger partial charge in [-0.15, -0.1) is 11.3 Å². The summed E-state index contributed by atoms with van der Waals surface area (Å²) in [4.78, 5) is 13.2. The number of benzene rings is 1. The second kappa shape index (κ2) is 4.24. The number of ketones is 1. The minimum atomic E-state index is -0.133. The molecule has 4 heteroatoms. The molecule has 3 nitrogen and oxygen atoms in total. The van der Waals surface area contributed by atoms with Crippen LogP contribution in [0, 0.1) is 13.8 Å². The van der Waals surface area contributed by atoms with E-state index in [9.17, 15) is 9.90 Å². The number of ether oxygens (including phenoxy) is 1. The van der Waals surface area contributed by atoms with E-state index in [0.717, 1.165) is 10.4 Å². The van der Waals surface area contributed by atoms with Crippen molar-refractivity contribution in [3.05, 3.63) is 50.9 Å². The number of carbonyl (C=O) groups excluding carboxylic acids is 1. The summed E-state index contributed by atoms with van der Waals surface area (Å²) in [5.74, 6) is 0.783. The van der Waals surface area contributed by atoms with Crippen molar-refractivity contribution in [3.63, 3.8) is 0 Å². The molecule has 0 saturated heterocycles. The van der Waals surface area contributed by atoms with Crippen LogP contribution < -0.4 is 4.74 Å². The Morgan fingerprint density at radius 3 is 2.74 bits per heavy atom. The first-order valence-corrected chi connectivity index (χ1v) is 6.77. The molecule has 0 aliphatic carbocycles. The van der Waals surface area contributed by atoms with Gasteiger partial charge in [-0.25, -0.2) is 0 Å². The lowest BCUT2D eigenvalue weighted by Crippen LogP contribution is -1.97. The van der Waals surface area contributed by atoms with Crippen molar-refractivity contribution in [2.75, 3.05) is 0 Å². The van der Waals surface area contributed by atoms with Gasteiger partial charge in [0.25, 0.3) is 0 Å².